The van der Waals surface area contributed by atoms with Crippen molar-refractivity contribution in [1.29, 1.82) is 0 Å². The number of hydrogen-bond acceptors (Lipinski definition) is 6. The number of thioether (sulfide) groups is 1. The zero-order valence-electron chi connectivity index (χ0n) is 21.2. The lowest BCUT2D eigenvalue weighted by molar-refractivity contribution is -0.137. The van der Waals surface area contributed by atoms with Gasteiger partial charge in [0, 0.05) is 30.3 Å². The Morgan fingerprint density at radius 2 is 1.77 bits per heavy atom. The molecule has 1 N–H and O–H groups in total. The number of ether oxygens (including phenoxy) is 1. The molecule has 1 fully saturated rings. The number of amides is 1. The number of para-hydroxylation sites is 1. The van der Waals surface area contributed by atoms with Crippen LogP contribution >= 0.6 is 24.0 Å². The first-order valence-corrected chi connectivity index (χ1v) is 13.7. The SMILES string of the molecule is O=C(O)CCCN1C(=O)C(=Cc2cn(-c3ccccc3)nc2-c2ccc(OCc3ccc(F)cc3)cc2)SC1=S. The van der Waals surface area contributed by atoms with Crippen molar-refractivity contribution in [3.8, 4) is 22.7 Å². The standard InChI is InChI=1S/C30H24FN3O4S2/c31-23-12-8-20(9-13-23)19-38-25-14-10-21(11-15-25)28-22(18-34(32-28)24-5-2-1-3-6-24)17-26-29(37)33(30(39)40-26)16-4-7-27(35)36/h1-3,5-6,8-15,17-18H,4,7,16,19H2,(H,35,36). The molecule has 0 aliphatic carbocycles. The summed E-state index contributed by atoms with van der Waals surface area (Å²) in [5.74, 6) is -0.798. The minimum Gasteiger partial charge on any atom is -0.489 e. The van der Waals surface area contributed by atoms with Gasteiger partial charge >= 0.3 is 5.97 Å². The van der Waals surface area contributed by atoms with Crippen LogP contribution in [0.1, 0.15) is 24.0 Å². The second-order valence-electron chi connectivity index (χ2n) is 8.98. The van der Waals surface area contributed by atoms with Gasteiger partial charge in [-0.3, -0.25) is 14.5 Å². The topological polar surface area (TPSA) is 84.7 Å². The normalized spacial score (nSPS) is 14.2. The number of carboxylic acids is 1. The molecule has 0 radical (unpaired) electrons. The van der Waals surface area contributed by atoms with E-state index in [1.165, 1.54) is 28.8 Å². The number of halogens is 1. The van der Waals surface area contributed by atoms with E-state index in [0.29, 0.717) is 33.7 Å². The second kappa shape index (κ2) is 12.3. The van der Waals surface area contributed by atoms with E-state index in [-0.39, 0.29) is 24.7 Å². The Kier molecular flexibility index (Phi) is 8.37. The maximum atomic E-state index is 13.2. The Bertz CT molecular complexity index is 1570. The van der Waals surface area contributed by atoms with Crippen LogP contribution in [0.5, 0.6) is 5.75 Å². The number of aromatic nitrogens is 2. The minimum absolute atomic E-state index is 0.0340. The first-order chi connectivity index (χ1) is 19.4. The molecular formula is C30H24FN3O4S2. The number of carbonyl (C=O) groups excluding carboxylic acids is 1. The largest absolute Gasteiger partial charge is 0.489 e. The van der Waals surface area contributed by atoms with Gasteiger partial charge in [0.25, 0.3) is 5.91 Å². The van der Waals surface area contributed by atoms with Gasteiger partial charge in [0.15, 0.2) is 0 Å². The summed E-state index contributed by atoms with van der Waals surface area (Å²) in [5, 5.41) is 13.7. The maximum absolute atomic E-state index is 13.2. The van der Waals surface area contributed by atoms with Crippen molar-refractivity contribution in [3.05, 3.63) is 107 Å². The van der Waals surface area contributed by atoms with E-state index in [1.807, 2.05) is 60.8 Å². The van der Waals surface area contributed by atoms with E-state index in [2.05, 4.69) is 0 Å². The molecular weight excluding hydrogens is 549 g/mol. The summed E-state index contributed by atoms with van der Waals surface area (Å²) in [7, 11) is 0. The highest BCUT2D eigenvalue weighted by Gasteiger charge is 2.32. The average molecular weight is 574 g/mol. The number of thiocarbonyl (C=S) groups is 1. The summed E-state index contributed by atoms with van der Waals surface area (Å²) < 4.78 is 21.2. The van der Waals surface area contributed by atoms with Crippen LogP contribution in [0, 0.1) is 5.82 Å². The lowest BCUT2D eigenvalue weighted by atomic mass is 10.1. The lowest BCUT2D eigenvalue weighted by Gasteiger charge is -2.13. The van der Waals surface area contributed by atoms with Gasteiger partial charge in [0.1, 0.15) is 22.5 Å². The van der Waals surface area contributed by atoms with Gasteiger partial charge in [-0.05, 0) is 66.6 Å². The first kappa shape index (κ1) is 27.3. The fraction of sp³-hybridized carbons (Fsp3) is 0.133. The van der Waals surface area contributed by atoms with Crippen LogP contribution in [0.15, 0.2) is 90.0 Å². The van der Waals surface area contributed by atoms with E-state index in [0.717, 1.165) is 22.4 Å². The fourth-order valence-corrected chi connectivity index (χ4v) is 5.41. The van der Waals surface area contributed by atoms with Gasteiger partial charge in [0.05, 0.1) is 16.3 Å². The third-order valence-electron chi connectivity index (χ3n) is 6.14. The predicted octanol–water partition coefficient (Wildman–Crippen LogP) is 6.32. The molecule has 0 saturated carbocycles. The van der Waals surface area contributed by atoms with Crippen molar-refractivity contribution >= 4 is 46.3 Å². The van der Waals surface area contributed by atoms with Crippen LogP contribution in [0.3, 0.4) is 0 Å². The summed E-state index contributed by atoms with van der Waals surface area (Å²) in [5.41, 5.74) is 3.95. The average Bonchev–Trinajstić information content (AvgIpc) is 3.49. The molecule has 40 heavy (non-hydrogen) atoms. The quantitative estimate of drug-likeness (QED) is 0.175. The van der Waals surface area contributed by atoms with E-state index in [1.54, 1.807) is 22.9 Å². The Morgan fingerprint density at radius 3 is 2.48 bits per heavy atom. The first-order valence-electron chi connectivity index (χ1n) is 12.5. The van der Waals surface area contributed by atoms with Crippen molar-refractivity contribution in [2.24, 2.45) is 0 Å². The summed E-state index contributed by atoms with van der Waals surface area (Å²) in [6.07, 6.45) is 3.92. The van der Waals surface area contributed by atoms with Crippen LogP contribution in [-0.4, -0.2) is 42.5 Å². The van der Waals surface area contributed by atoms with Crippen LogP contribution in [-0.2, 0) is 16.2 Å². The van der Waals surface area contributed by atoms with Gasteiger partial charge in [0.2, 0.25) is 0 Å². The van der Waals surface area contributed by atoms with E-state index in [4.69, 9.17) is 27.2 Å². The van der Waals surface area contributed by atoms with Crippen LogP contribution in [0.2, 0.25) is 0 Å². The molecule has 0 unspecified atom stereocenters. The Labute approximate surface area is 239 Å². The number of hydrogen-bond donors (Lipinski definition) is 1. The molecule has 2 heterocycles. The Morgan fingerprint density at radius 1 is 1.05 bits per heavy atom. The second-order valence-corrected chi connectivity index (χ2v) is 10.7. The molecule has 1 amide bonds. The van der Waals surface area contributed by atoms with Crippen molar-refractivity contribution in [2.45, 2.75) is 19.4 Å². The van der Waals surface area contributed by atoms with Crippen molar-refractivity contribution < 1.29 is 23.8 Å². The molecule has 0 bridgehead atoms. The van der Waals surface area contributed by atoms with Crippen LogP contribution < -0.4 is 4.74 Å². The fourth-order valence-electron chi connectivity index (χ4n) is 4.11. The highest BCUT2D eigenvalue weighted by molar-refractivity contribution is 8.26. The van der Waals surface area contributed by atoms with Crippen LogP contribution in [0.4, 0.5) is 4.39 Å². The number of rotatable bonds is 10. The third-order valence-corrected chi connectivity index (χ3v) is 7.52. The molecule has 4 aromatic rings. The smallest absolute Gasteiger partial charge is 0.303 e. The van der Waals surface area contributed by atoms with Crippen molar-refractivity contribution in [2.75, 3.05) is 6.54 Å². The molecule has 1 aliphatic heterocycles. The number of carboxylic acid groups (broad SMARTS) is 1. The van der Waals surface area contributed by atoms with E-state index >= 15 is 0 Å². The Hall–Kier alpha value is -4.28. The molecule has 7 nitrogen and oxygen atoms in total. The number of nitrogens with zero attached hydrogens (tertiary/aromatic N) is 3. The third kappa shape index (κ3) is 6.47. The number of benzene rings is 3. The summed E-state index contributed by atoms with van der Waals surface area (Å²) >= 11 is 6.60. The lowest BCUT2D eigenvalue weighted by Crippen LogP contribution is -2.29. The number of carbonyl (C=O) groups is 2. The van der Waals surface area contributed by atoms with Gasteiger partial charge in [-0.25, -0.2) is 9.07 Å². The minimum atomic E-state index is -0.911. The summed E-state index contributed by atoms with van der Waals surface area (Å²) in [4.78, 5) is 25.9. The zero-order valence-corrected chi connectivity index (χ0v) is 22.8. The van der Waals surface area contributed by atoms with Gasteiger partial charge < -0.3 is 9.84 Å². The molecule has 10 heteroatoms. The predicted molar refractivity (Wildman–Crippen MR) is 156 cm³/mol. The molecule has 0 spiro atoms. The Balaban J connectivity index is 1.40. The molecule has 1 saturated heterocycles. The summed E-state index contributed by atoms with van der Waals surface area (Å²) in [6, 6.07) is 23.3. The van der Waals surface area contributed by atoms with Crippen molar-refractivity contribution in [3.63, 3.8) is 0 Å². The highest BCUT2D eigenvalue weighted by atomic mass is 32.2. The van der Waals surface area contributed by atoms with Gasteiger partial charge in [-0.15, -0.1) is 0 Å². The molecule has 5 rings (SSSR count). The molecule has 202 valence electrons. The monoisotopic (exact) mass is 573 g/mol. The molecule has 1 aromatic heterocycles. The van der Waals surface area contributed by atoms with E-state index in [9.17, 15) is 14.0 Å². The highest BCUT2D eigenvalue weighted by Crippen LogP contribution is 2.35. The van der Waals surface area contributed by atoms with Gasteiger partial charge in [-0.2, -0.15) is 5.10 Å². The molecule has 0 atom stereocenters. The zero-order chi connectivity index (χ0) is 28.1. The van der Waals surface area contributed by atoms with Crippen LogP contribution in [0.25, 0.3) is 23.0 Å². The maximum Gasteiger partial charge on any atom is 0.303 e. The van der Waals surface area contributed by atoms with Gasteiger partial charge in [-0.1, -0.05) is 54.3 Å². The number of aliphatic carboxylic acids is 1. The molecule has 3 aromatic carbocycles. The van der Waals surface area contributed by atoms with Crippen molar-refractivity contribution in [1.82, 2.24) is 14.7 Å². The summed E-state index contributed by atoms with van der Waals surface area (Å²) in [6.45, 7) is 0.561. The van der Waals surface area contributed by atoms with E-state index < -0.39 is 5.97 Å². The molecule has 1 aliphatic rings.